The highest BCUT2D eigenvalue weighted by molar-refractivity contribution is 5.80. The minimum Gasteiger partial charge on any atom is -0.454 e. The van der Waals surface area contributed by atoms with Gasteiger partial charge in [0.05, 0.1) is 11.1 Å². The summed E-state index contributed by atoms with van der Waals surface area (Å²) >= 11 is 0. The number of nitrogens with one attached hydrogen (secondary N) is 1. The quantitative estimate of drug-likeness (QED) is 0.770. The van der Waals surface area contributed by atoms with Gasteiger partial charge < -0.3 is 14.8 Å². The molecular weight excluding hydrogens is 344 g/mol. The van der Waals surface area contributed by atoms with E-state index in [1.54, 1.807) is 4.68 Å². The first-order valence-electron chi connectivity index (χ1n) is 9.23. The molecule has 2 heterocycles. The number of hydrogen-bond acceptors (Lipinski definition) is 5. The van der Waals surface area contributed by atoms with Crippen molar-refractivity contribution in [1.29, 1.82) is 0 Å². The van der Waals surface area contributed by atoms with Crippen LogP contribution in [-0.2, 0) is 16.9 Å². The number of rotatable bonds is 4. The molecule has 1 saturated carbocycles. The number of fused-ring (bicyclic) bond motifs is 2. The maximum atomic E-state index is 12.9. The zero-order valence-electron chi connectivity index (χ0n) is 14.9. The van der Waals surface area contributed by atoms with Gasteiger partial charge in [0.25, 0.3) is 0 Å². The van der Waals surface area contributed by atoms with Gasteiger partial charge in [-0.25, -0.2) is 4.68 Å². The molecule has 138 valence electrons. The largest absolute Gasteiger partial charge is 0.454 e. The van der Waals surface area contributed by atoms with E-state index in [0.717, 1.165) is 53.8 Å². The summed E-state index contributed by atoms with van der Waals surface area (Å²) in [7, 11) is 0. The standard InChI is InChI=1S/C20H20N4O3/c25-19(12-24-16-6-2-1-5-15(16)22-23-24)21-20(9-3-4-10-20)14-7-8-17-18(11-14)27-13-26-17/h1-2,5-8,11H,3-4,9-10,12-13H2,(H,21,25). The highest BCUT2D eigenvalue weighted by atomic mass is 16.7. The van der Waals surface area contributed by atoms with E-state index in [2.05, 4.69) is 15.6 Å². The first-order chi connectivity index (χ1) is 13.2. The van der Waals surface area contributed by atoms with Gasteiger partial charge in [0.2, 0.25) is 12.7 Å². The van der Waals surface area contributed by atoms with Gasteiger partial charge in [-0.1, -0.05) is 36.3 Å². The second kappa shape index (κ2) is 6.26. The third-order valence-electron chi connectivity index (χ3n) is 5.47. The Kier molecular flexibility index (Phi) is 3.74. The van der Waals surface area contributed by atoms with Crippen molar-refractivity contribution in [3.63, 3.8) is 0 Å². The number of carbonyl (C=O) groups excluding carboxylic acids is 1. The summed E-state index contributed by atoms with van der Waals surface area (Å²) in [5.74, 6) is 1.44. The van der Waals surface area contributed by atoms with Crippen molar-refractivity contribution in [2.24, 2.45) is 0 Å². The fourth-order valence-corrected chi connectivity index (χ4v) is 4.14. The molecule has 0 radical (unpaired) electrons. The molecule has 1 fully saturated rings. The second-order valence-electron chi connectivity index (χ2n) is 7.14. The summed E-state index contributed by atoms with van der Waals surface area (Å²) in [4.78, 5) is 12.9. The number of hydrogen-bond donors (Lipinski definition) is 1. The Bertz CT molecular complexity index is 1010. The summed E-state index contributed by atoms with van der Waals surface area (Å²) in [5.41, 5.74) is 2.35. The Labute approximate surface area is 156 Å². The molecule has 2 aromatic carbocycles. The molecule has 3 aromatic rings. The van der Waals surface area contributed by atoms with Gasteiger partial charge in [-0.3, -0.25) is 4.79 Å². The van der Waals surface area contributed by atoms with E-state index in [4.69, 9.17) is 9.47 Å². The lowest BCUT2D eigenvalue weighted by Crippen LogP contribution is -2.45. The van der Waals surface area contributed by atoms with Gasteiger partial charge in [0.15, 0.2) is 11.5 Å². The lowest BCUT2D eigenvalue weighted by atomic mass is 9.87. The average Bonchev–Trinajstić information content (AvgIpc) is 3.41. The average molecular weight is 364 g/mol. The van der Waals surface area contributed by atoms with Crippen LogP contribution in [0.15, 0.2) is 42.5 Å². The van der Waals surface area contributed by atoms with Crippen LogP contribution in [0, 0.1) is 0 Å². The molecule has 0 unspecified atom stereocenters. The van der Waals surface area contributed by atoms with Crippen LogP contribution in [0.2, 0.25) is 0 Å². The Hall–Kier alpha value is -3.09. The summed E-state index contributed by atoms with van der Waals surface area (Å²) in [6.07, 6.45) is 3.99. The molecule has 1 aliphatic carbocycles. The number of ether oxygens (including phenoxy) is 2. The van der Waals surface area contributed by atoms with Crippen LogP contribution in [0.3, 0.4) is 0 Å². The first kappa shape index (κ1) is 16.1. The van der Waals surface area contributed by atoms with E-state index < -0.39 is 0 Å². The Morgan fingerprint density at radius 1 is 1.11 bits per heavy atom. The summed E-state index contributed by atoms with van der Waals surface area (Å²) in [6.45, 7) is 0.393. The molecule has 5 rings (SSSR count). The molecule has 7 nitrogen and oxygen atoms in total. The summed E-state index contributed by atoms with van der Waals surface area (Å²) in [5, 5.41) is 11.5. The van der Waals surface area contributed by atoms with Crippen LogP contribution < -0.4 is 14.8 Å². The SMILES string of the molecule is O=C(Cn1nnc2ccccc21)NC1(c2ccc3c(c2)OCO3)CCCC1. The van der Waals surface area contributed by atoms with Gasteiger partial charge in [0, 0.05) is 0 Å². The van der Waals surface area contributed by atoms with Gasteiger partial charge >= 0.3 is 0 Å². The Balaban J connectivity index is 1.40. The second-order valence-corrected chi connectivity index (χ2v) is 7.14. The maximum absolute atomic E-state index is 12.9. The van der Waals surface area contributed by atoms with Crippen molar-refractivity contribution < 1.29 is 14.3 Å². The van der Waals surface area contributed by atoms with Crippen molar-refractivity contribution in [3.05, 3.63) is 48.0 Å². The molecular formula is C20H20N4O3. The molecule has 1 amide bonds. The molecule has 1 aliphatic heterocycles. The van der Waals surface area contributed by atoms with Crippen LogP contribution in [-0.4, -0.2) is 27.7 Å². The van der Waals surface area contributed by atoms with Crippen LogP contribution in [0.4, 0.5) is 0 Å². The third-order valence-corrected chi connectivity index (χ3v) is 5.47. The number of aromatic nitrogens is 3. The predicted molar refractivity (Wildman–Crippen MR) is 98.4 cm³/mol. The van der Waals surface area contributed by atoms with E-state index in [-0.39, 0.29) is 24.8 Å². The summed E-state index contributed by atoms with van der Waals surface area (Å²) in [6, 6.07) is 13.6. The molecule has 7 heteroatoms. The lowest BCUT2D eigenvalue weighted by Gasteiger charge is -2.31. The highest BCUT2D eigenvalue weighted by Crippen LogP contribution is 2.42. The maximum Gasteiger partial charge on any atom is 0.242 e. The van der Waals surface area contributed by atoms with E-state index in [1.807, 2.05) is 42.5 Å². The van der Waals surface area contributed by atoms with Crippen molar-refractivity contribution >= 4 is 16.9 Å². The van der Waals surface area contributed by atoms with Gasteiger partial charge in [-0.2, -0.15) is 0 Å². The van der Waals surface area contributed by atoms with Crippen molar-refractivity contribution in [3.8, 4) is 11.5 Å². The van der Waals surface area contributed by atoms with Crippen LogP contribution in [0.1, 0.15) is 31.2 Å². The Morgan fingerprint density at radius 3 is 2.81 bits per heavy atom. The molecule has 1 aromatic heterocycles. The molecule has 1 N–H and O–H groups in total. The lowest BCUT2D eigenvalue weighted by molar-refractivity contribution is -0.123. The smallest absolute Gasteiger partial charge is 0.242 e. The zero-order valence-corrected chi connectivity index (χ0v) is 14.9. The minimum absolute atomic E-state index is 0.0646. The predicted octanol–water partition coefficient (Wildman–Crippen LogP) is 2.75. The molecule has 0 saturated heterocycles. The van der Waals surface area contributed by atoms with Crippen molar-refractivity contribution in [1.82, 2.24) is 20.3 Å². The van der Waals surface area contributed by atoms with Gasteiger partial charge in [0.1, 0.15) is 12.1 Å². The molecule has 2 aliphatic rings. The first-order valence-corrected chi connectivity index (χ1v) is 9.23. The van der Waals surface area contributed by atoms with E-state index in [1.165, 1.54) is 0 Å². The number of nitrogens with zero attached hydrogens (tertiary/aromatic N) is 3. The number of amides is 1. The number of benzene rings is 2. The summed E-state index contributed by atoms with van der Waals surface area (Å²) < 4.78 is 12.6. The van der Waals surface area contributed by atoms with Gasteiger partial charge in [-0.15, -0.1) is 5.10 Å². The topological polar surface area (TPSA) is 78.3 Å². The highest BCUT2D eigenvalue weighted by Gasteiger charge is 2.38. The monoisotopic (exact) mass is 364 g/mol. The van der Waals surface area contributed by atoms with E-state index in [9.17, 15) is 4.79 Å². The zero-order chi connectivity index (χ0) is 18.3. The molecule has 0 spiro atoms. The third kappa shape index (κ3) is 2.79. The molecule has 0 bridgehead atoms. The molecule has 27 heavy (non-hydrogen) atoms. The van der Waals surface area contributed by atoms with E-state index >= 15 is 0 Å². The fourth-order valence-electron chi connectivity index (χ4n) is 4.14. The number of carbonyl (C=O) groups is 1. The normalized spacial score (nSPS) is 17.3. The van der Waals surface area contributed by atoms with Gasteiger partial charge in [-0.05, 0) is 42.7 Å². The van der Waals surface area contributed by atoms with Crippen LogP contribution >= 0.6 is 0 Å². The minimum atomic E-state index is -0.367. The molecule has 0 atom stereocenters. The fraction of sp³-hybridized carbons (Fsp3) is 0.350. The van der Waals surface area contributed by atoms with Crippen molar-refractivity contribution in [2.45, 2.75) is 37.8 Å². The van der Waals surface area contributed by atoms with Crippen molar-refractivity contribution in [2.75, 3.05) is 6.79 Å². The van der Waals surface area contributed by atoms with Crippen LogP contribution in [0.25, 0.3) is 11.0 Å². The van der Waals surface area contributed by atoms with E-state index in [0.29, 0.717) is 0 Å². The number of para-hydroxylation sites is 1. The Morgan fingerprint density at radius 2 is 1.93 bits per heavy atom. The van der Waals surface area contributed by atoms with Crippen LogP contribution in [0.5, 0.6) is 11.5 Å².